The number of carboxylic acid groups (broad SMARTS) is 1. The van der Waals surface area contributed by atoms with Gasteiger partial charge >= 0.3 is 6.09 Å². The first-order valence-corrected chi connectivity index (χ1v) is 14.9. The summed E-state index contributed by atoms with van der Waals surface area (Å²) in [6.45, 7) is 14.3. The average Bonchev–Trinajstić information content (AvgIpc) is 3.35. The largest absolute Gasteiger partial charge is 0.465 e. The number of nitrogens with one attached hydrogen (secondary N) is 1. The summed E-state index contributed by atoms with van der Waals surface area (Å²) in [5, 5.41) is 19.3. The average molecular weight is 606 g/mol. The smallest absolute Gasteiger partial charge is 0.404 e. The second-order valence-electron chi connectivity index (χ2n) is 11.9. The quantitative estimate of drug-likeness (QED) is 0.325. The summed E-state index contributed by atoms with van der Waals surface area (Å²) >= 11 is 6.17. The van der Waals surface area contributed by atoms with Gasteiger partial charge in [-0.1, -0.05) is 13.8 Å². The van der Waals surface area contributed by atoms with Crippen LogP contribution in [0.5, 0.6) is 11.6 Å². The van der Waals surface area contributed by atoms with Crippen molar-refractivity contribution < 1.29 is 23.8 Å². The zero-order valence-corrected chi connectivity index (χ0v) is 25.7. The standard InChI is InChI=1S/C29H41ClFN7O4/c1-6-38(19(4)5)26(39)21-14-20(31)9-10-23(21)42-25-24(33-27(30)35-34-25)36-13-11-29(15-36)16-37(17-29)22(18(2)3)8-7-12-32-28(40)41/h9-10,14,18-19,22,32H,6-8,11-13,15-17H2,1-5H3,(H,40,41)/t22-/m1/s1. The molecule has 2 N–H and O–H groups in total. The normalized spacial score (nSPS) is 17.0. The molecule has 230 valence electrons. The van der Waals surface area contributed by atoms with Crippen molar-refractivity contribution in [3.05, 3.63) is 34.9 Å². The monoisotopic (exact) mass is 605 g/mol. The lowest BCUT2D eigenvalue weighted by Gasteiger charge is -2.53. The molecule has 2 aliphatic rings. The molecule has 0 radical (unpaired) electrons. The van der Waals surface area contributed by atoms with Crippen LogP contribution in [0.2, 0.25) is 5.28 Å². The summed E-state index contributed by atoms with van der Waals surface area (Å²) in [6.07, 6.45) is 1.67. The van der Waals surface area contributed by atoms with Crippen molar-refractivity contribution in [2.24, 2.45) is 11.3 Å². The van der Waals surface area contributed by atoms with Gasteiger partial charge in [0, 0.05) is 56.8 Å². The van der Waals surface area contributed by atoms with Gasteiger partial charge in [-0.05, 0) is 75.8 Å². The minimum absolute atomic E-state index is 0.0178. The number of hydrogen-bond acceptors (Lipinski definition) is 8. The van der Waals surface area contributed by atoms with Gasteiger partial charge < -0.3 is 25.0 Å². The van der Waals surface area contributed by atoms with Gasteiger partial charge in [0.1, 0.15) is 11.6 Å². The van der Waals surface area contributed by atoms with Gasteiger partial charge in [-0.25, -0.2) is 9.18 Å². The SMILES string of the molecule is CCN(C(=O)c1cc(F)ccc1Oc1nnc(Cl)nc1N1CCC2(C1)CN([C@H](CCCNC(=O)O)C(C)C)C2)C(C)C. The van der Waals surface area contributed by atoms with E-state index in [0.717, 1.165) is 45.4 Å². The van der Waals surface area contributed by atoms with Crippen molar-refractivity contribution in [3.63, 3.8) is 0 Å². The topological polar surface area (TPSA) is 124 Å². The molecule has 0 unspecified atom stereocenters. The number of likely N-dealkylation sites (tertiary alicyclic amines) is 1. The molecule has 3 heterocycles. The van der Waals surface area contributed by atoms with E-state index in [1.807, 2.05) is 20.8 Å². The Hall–Kier alpha value is -3.25. The Labute approximate surface area is 251 Å². The maximum absolute atomic E-state index is 14.3. The molecule has 42 heavy (non-hydrogen) atoms. The van der Waals surface area contributed by atoms with Crippen molar-refractivity contribution in [1.82, 2.24) is 30.3 Å². The molecule has 0 aliphatic carbocycles. The fraction of sp³-hybridized carbons (Fsp3) is 0.621. The molecule has 2 saturated heterocycles. The van der Waals surface area contributed by atoms with Crippen LogP contribution in [0.1, 0.15) is 64.2 Å². The van der Waals surface area contributed by atoms with E-state index >= 15 is 0 Å². The van der Waals surface area contributed by atoms with Crippen LogP contribution in [-0.2, 0) is 0 Å². The fourth-order valence-corrected chi connectivity index (χ4v) is 6.31. The van der Waals surface area contributed by atoms with Crippen molar-refractivity contribution >= 4 is 29.4 Å². The van der Waals surface area contributed by atoms with Gasteiger partial charge in [0.05, 0.1) is 5.56 Å². The molecule has 2 aliphatic heterocycles. The van der Waals surface area contributed by atoms with Crippen LogP contribution < -0.4 is 15.0 Å². The van der Waals surface area contributed by atoms with Gasteiger partial charge in [-0.15, -0.1) is 10.2 Å². The number of aromatic nitrogens is 3. The lowest BCUT2D eigenvalue weighted by atomic mass is 9.76. The van der Waals surface area contributed by atoms with Crippen molar-refractivity contribution in [3.8, 4) is 11.6 Å². The van der Waals surface area contributed by atoms with Gasteiger partial charge in [0.2, 0.25) is 5.28 Å². The minimum atomic E-state index is -0.992. The molecule has 1 atom stereocenters. The lowest BCUT2D eigenvalue weighted by Crippen LogP contribution is -2.62. The number of ether oxygens (including phenoxy) is 1. The first-order chi connectivity index (χ1) is 19.9. The Morgan fingerprint density at radius 1 is 1.21 bits per heavy atom. The summed E-state index contributed by atoms with van der Waals surface area (Å²) in [4.78, 5) is 34.8. The Kier molecular flexibility index (Phi) is 10.1. The predicted octanol–water partition coefficient (Wildman–Crippen LogP) is 4.91. The molecular formula is C29H41ClFN7O4. The highest BCUT2D eigenvalue weighted by molar-refractivity contribution is 6.28. The van der Waals surface area contributed by atoms with E-state index in [4.69, 9.17) is 21.4 Å². The van der Waals surface area contributed by atoms with Crippen LogP contribution >= 0.6 is 11.6 Å². The van der Waals surface area contributed by atoms with E-state index in [2.05, 4.69) is 44.1 Å². The number of nitrogens with zero attached hydrogens (tertiary/aromatic N) is 6. The zero-order chi connectivity index (χ0) is 30.6. The summed E-state index contributed by atoms with van der Waals surface area (Å²) in [5.74, 6) is 0.269. The first-order valence-electron chi connectivity index (χ1n) is 14.6. The van der Waals surface area contributed by atoms with Crippen LogP contribution in [0.25, 0.3) is 0 Å². The van der Waals surface area contributed by atoms with Crippen LogP contribution in [-0.4, -0.2) is 93.4 Å². The molecule has 1 spiro atoms. The minimum Gasteiger partial charge on any atom is -0.465 e. The van der Waals surface area contributed by atoms with Crippen LogP contribution in [0.3, 0.4) is 0 Å². The predicted molar refractivity (Wildman–Crippen MR) is 158 cm³/mol. The molecule has 13 heteroatoms. The molecule has 1 aromatic heterocycles. The Morgan fingerprint density at radius 3 is 2.60 bits per heavy atom. The highest BCUT2D eigenvalue weighted by atomic mass is 35.5. The second-order valence-corrected chi connectivity index (χ2v) is 12.2. The highest BCUT2D eigenvalue weighted by Crippen LogP contribution is 2.45. The van der Waals surface area contributed by atoms with E-state index < -0.39 is 11.9 Å². The van der Waals surface area contributed by atoms with E-state index in [9.17, 15) is 14.0 Å². The number of halogens is 2. The summed E-state index contributed by atoms with van der Waals surface area (Å²) in [5.41, 5.74) is 0.177. The molecule has 11 nitrogen and oxygen atoms in total. The van der Waals surface area contributed by atoms with Gasteiger partial charge in [-0.3, -0.25) is 9.69 Å². The maximum Gasteiger partial charge on any atom is 0.404 e. The van der Waals surface area contributed by atoms with E-state index in [1.165, 1.54) is 18.2 Å². The second kappa shape index (κ2) is 13.4. The summed E-state index contributed by atoms with van der Waals surface area (Å²) in [7, 11) is 0. The van der Waals surface area contributed by atoms with E-state index in [1.54, 1.807) is 4.90 Å². The van der Waals surface area contributed by atoms with Gasteiger partial charge in [-0.2, -0.15) is 4.98 Å². The Bertz CT molecular complexity index is 1270. The zero-order valence-electron chi connectivity index (χ0n) is 24.9. The summed E-state index contributed by atoms with van der Waals surface area (Å²) in [6, 6.07) is 4.13. The van der Waals surface area contributed by atoms with Crippen molar-refractivity contribution in [2.75, 3.05) is 44.2 Å². The number of amides is 2. The van der Waals surface area contributed by atoms with Crippen LogP contribution in [0.15, 0.2) is 18.2 Å². The number of hydrogen-bond donors (Lipinski definition) is 2. The fourth-order valence-electron chi connectivity index (χ4n) is 6.19. The number of benzene rings is 1. The Balaban J connectivity index is 1.48. The molecule has 0 saturated carbocycles. The third-order valence-electron chi connectivity index (χ3n) is 8.22. The maximum atomic E-state index is 14.3. The third kappa shape index (κ3) is 7.20. The molecule has 2 fully saturated rings. The third-order valence-corrected chi connectivity index (χ3v) is 8.38. The molecule has 0 bridgehead atoms. The molecule has 4 rings (SSSR count). The Morgan fingerprint density at radius 2 is 1.95 bits per heavy atom. The highest BCUT2D eigenvalue weighted by Gasteiger charge is 2.50. The summed E-state index contributed by atoms with van der Waals surface area (Å²) < 4.78 is 20.4. The molecule has 2 aromatic rings. The van der Waals surface area contributed by atoms with Crippen molar-refractivity contribution in [1.29, 1.82) is 0 Å². The molecular weight excluding hydrogens is 565 g/mol. The van der Waals surface area contributed by atoms with E-state index in [-0.39, 0.29) is 39.8 Å². The van der Waals surface area contributed by atoms with Gasteiger partial charge in [0.25, 0.3) is 11.8 Å². The number of carbonyl (C=O) groups excluding carboxylic acids is 1. The lowest BCUT2D eigenvalue weighted by molar-refractivity contribution is -0.0338. The van der Waals surface area contributed by atoms with E-state index in [0.29, 0.717) is 30.9 Å². The van der Waals surface area contributed by atoms with Crippen molar-refractivity contribution in [2.45, 2.75) is 66.0 Å². The number of carbonyl (C=O) groups is 2. The van der Waals surface area contributed by atoms with Crippen LogP contribution in [0.4, 0.5) is 15.0 Å². The number of anilines is 1. The number of rotatable bonds is 12. The van der Waals surface area contributed by atoms with Crippen LogP contribution in [0, 0.1) is 17.2 Å². The molecule has 1 aromatic carbocycles. The van der Waals surface area contributed by atoms with Gasteiger partial charge in [0.15, 0.2) is 5.82 Å². The first kappa shape index (κ1) is 31.7. The molecule has 2 amide bonds.